The molecule has 6 aromatic rings. The SMILES string of the molecule is COc1cc(F)cc(-c2nccs2)n1.Clc1cc(Cl)nc(-c2nccs2)c1.O=c1cc(F)cc(-c2nccs2)[nH]1. The molecule has 6 aromatic heterocycles. The number of nitrogens with zero attached hydrogens (tertiary/aromatic N) is 5. The summed E-state index contributed by atoms with van der Waals surface area (Å²) in [6.45, 7) is 0. The van der Waals surface area contributed by atoms with E-state index in [0.717, 1.165) is 11.1 Å². The molecule has 0 fully saturated rings. The summed E-state index contributed by atoms with van der Waals surface area (Å²) in [5.74, 6) is -0.661. The molecule has 0 aliphatic rings. The second-order valence-corrected chi connectivity index (χ2v) is 10.8. The predicted octanol–water partition coefficient (Wildman–Crippen LogP) is 7.50. The fourth-order valence-corrected chi connectivity index (χ4v) is 5.22. The lowest BCUT2D eigenvalue weighted by Gasteiger charge is -2.01. The van der Waals surface area contributed by atoms with Crippen LogP contribution in [-0.4, -0.2) is 37.0 Å². The van der Waals surface area contributed by atoms with E-state index in [1.54, 1.807) is 36.1 Å². The second-order valence-electron chi connectivity index (χ2n) is 7.29. The Morgan fingerprint density at radius 1 is 0.750 bits per heavy atom. The zero-order chi connectivity index (χ0) is 28.5. The van der Waals surface area contributed by atoms with Crippen LogP contribution in [0.1, 0.15) is 0 Å². The highest BCUT2D eigenvalue weighted by atomic mass is 35.5. The molecule has 0 amide bonds. The summed E-state index contributed by atoms with van der Waals surface area (Å²) in [4.78, 5) is 33.7. The maximum absolute atomic E-state index is 13.1. The summed E-state index contributed by atoms with van der Waals surface area (Å²) < 4.78 is 30.7. The van der Waals surface area contributed by atoms with Gasteiger partial charge in [0.1, 0.15) is 43.2 Å². The molecule has 15 heteroatoms. The number of hydrogen-bond acceptors (Lipinski definition) is 10. The zero-order valence-corrected chi connectivity index (χ0v) is 24.2. The normalized spacial score (nSPS) is 10.2. The van der Waals surface area contributed by atoms with Crippen molar-refractivity contribution >= 4 is 57.2 Å². The quantitative estimate of drug-likeness (QED) is 0.200. The Balaban J connectivity index is 0.000000139. The summed E-state index contributed by atoms with van der Waals surface area (Å²) in [7, 11) is 1.45. The Kier molecular flexibility index (Phi) is 10.4. The lowest BCUT2D eigenvalue weighted by molar-refractivity contribution is 0.394. The zero-order valence-electron chi connectivity index (χ0n) is 20.2. The Morgan fingerprint density at radius 2 is 1.32 bits per heavy atom. The first-order chi connectivity index (χ1) is 19.3. The van der Waals surface area contributed by atoms with Crippen LogP contribution in [0.15, 0.2) is 75.9 Å². The van der Waals surface area contributed by atoms with Gasteiger partial charge in [-0.05, 0) is 12.1 Å². The molecule has 8 nitrogen and oxygen atoms in total. The fraction of sp³-hybridized carbons (Fsp3) is 0.0400. The van der Waals surface area contributed by atoms with Crippen molar-refractivity contribution in [1.29, 1.82) is 0 Å². The average Bonchev–Trinajstić information content (AvgIpc) is 3.71. The number of thiazole rings is 3. The second kappa shape index (κ2) is 14.1. The molecular weight excluding hydrogens is 621 g/mol. The first-order valence-corrected chi connectivity index (χ1v) is 14.3. The van der Waals surface area contributed by atoms with E-state index in [1.165, 1.54) is 59.3 Å². The van der Waals surface area contributed by atoms with Crippen molar-refractivity contribution in [3.8, 4) is 38.0 Å². The number of ether oxygens (including phenoxy) is 1. The lowest BCUT2D eigenvalue weighted by atomic mass is 10.3. The molecule has 0 radical (unpaired) electrons. The molecule has 1 N–H and O–H groups in total. The molecule has 204 valence electrons. The molecule has 0 aromatic carbocycles. The van der Waals surface area contributed by atoms with Crippen LogP contribution < -0.4 is 10.3 Å². The summed E-state index contributed by atoms with van der Waals surface area (Å²) in [6.07, 6.45) is 4.97. The third-order valence-electron chi connectivity index (χ3n) is 4.51. The van der Waals surface area contributed by atoms with E-state index in [4.69, 9.17) is 27.9 Å². The smallest absolute Gasteiger partial charge is 0.251 e. The van der Waals surface area contributed by atoms with E-state index in [9.17, 15) is 13.6 Å². The number of methoxy groups -OCH3 is 1. The molecule has 0 aliphatic carbocycles. The van der Waals surface area contributed by atoms with Crippen molar-refractivity contribution in [3.63, 3.8) is 0 Å². The molecule has 6 rings (SSSR count). The van der Waals surface area contributed by atoms with Gasteiger partial charge in [0.05, 0.1) is 12.8 Å². The Morgan fingerprint density at radius 3 is 1.85 bits per heavy atom. The van der Waals surface area contributed by atoms with E-state index in [2.05, 4.69) is 29.9 Å². The summed E-state index contributed by atoms with van der Waals surface area (Å²) in [5, 5.41) is 8.53. The molecular formula is C25H16Cl2F2N6O2S3. The Bertz CT molecular complexity index is 1700. The van der Waals surface area contributed by atoms with Gasteiger partial charge in [-0.25, -0.2) is 33.7 Å². The van der Waals surface area contributed by atoms with Crippen LogP contribution in [0.2, 0.25) is 10.2 Å². The van der Waals surface area contributed by atoms with Crippen LogP contribution >= 0.6 is 57.2 Å². The van der Waals surface area contributed by atoms with Crippen LogP contribution in [0.25, 0.3) is 32.1 Å². The van der Waals surface area contributed by atoms with Gasteiger partial charge >= 0.3 is 0 Å². The molecule has 0 spiro atoms. The topological polar surface area (TPSA) is 107 Å². The Hall–Kier alpha value is -3.62. The third kappa shape index (κ3) is 8.44. The van der Waals surface area contributed by atoms with Crippen LogP contribution in [0.3, 0.4) is 0 Å². The van der Waals surface area contributed by atoms with Gasteiger partial charge in [-0.2, -0.15) is 0 Å². The van der Waals surface area contributed by atoms with Gasteiger partial charge in [0.2, 0.25) is 5.88 Å². The number of aromatic amines is 1. The van der Waals surface area contributed by atoms with Gasteiger partial charge in [0.25, 0.3) is 5.56 Å². The molecule has 0 saturated carbocycles. The monoisotopic (exact) mass is 636 g/mol. The van der Waals surface area contributed by atoms with E-state index >= 15 is 0 Å². The molecule has 0 aliphatic heterocycles. The minimum atomic E-state index is -0.547. The van der Waals surface area contributed by atoms with Crippen LogP contribution in [0.4, 0.5) is 8.78 Å². The summed E-state index contributed by atoms with van der Waals surface area (Å²) in [6, 6.07) is 8.06. The van der Waals surface area contributed by atoms with Gasteiger partial charge in [-0.1, -0.05) is 23.2 Å². The first kappa shape index (κ1) is 29.4. The van der Waals surface area contributed by atoms with Crippen molar-refractivity contribution in [2.75, 3.05) is 7.11 Å². The predicted molar refractivity (Wildman–Crippen MR) is 155 cm³/mol. The molecule has 0 saturated heterocycles. The number of pyridine rings is 3. The Labute approximate surface area is 248 Å². The largest absolute Gasteiger partial charge is 0.481 e. The molecule has 0 bridgehead atoms. The maximum atomic E-state index is 13.1. The third-order valence-corrected chi connectivity index (χ3v) is 7.32. The minimum Gasteiger partial charge on any atom is -0.481 e. The number of rotatable bonds is 4. The van der Waals surface area contributed by atoms with E-state index in [1.807, 2.05) is 10.8 Å². The summed E-state index contributed by atoms with van der Waals surface area (Å²) in [5.41, 5.74) is 1.18. The van der Waals surface area contributed by atoms with Crippen molar-refractivity contribution in [2.45, 2.75) is 0 Å². The average molecular weight is 638 g/mol. The number of halogens is 4. The number of H-pyrrole nitrogens is 1. The van der Waals surface area contributed by atoms with E-state index in [0.29, 0.717) is 37.3 Å². The van der Waals surface area contributed by atoms with Crippen molar-refractivity contribution < 1.29 is 13.5 Å². The highest BCUT2D eigenvalue weighted by Crippen LogP contribution is 2.25. The number of hydrogen-bond donors (Lipinski definition) is 1. The van der Waals surface area contributed by atoms with Crippen LogP contribution in [0, 0.1) is 11.6 Å². The first-order valence-electron chi connectivity index (χ1n) is 10.9. The highest BCUT2D eigenvalue weighted by molar-refractivity contribution is 7.13. The summed E-state index contributed by atoms with van der Waals surface area (Å²) >= 11 is 15.8. The standard InChI is InChI=1S/C9H7FN2OS.C8H4Cl2N2S.C8H5FN2OS/c1-13-8-5-6(10)4-7(12-8)9-11-2-3-14-9;9-5-3-6(12-7(10)4-5)8-11-1-2-13-8;9-5-3-6(11-7(12)4-5)8-10-1-2-13-8/h2-5H,1H3;1-4H;1-4H,(H,11,12). The van der Waals surface area contributed by atoms with Crippen molar-refractivity contribution in [1.82, 2.24) is 29.9 Å². The van der Waals surface area contributed by atoms with Crippen molar-refractivity contribution in [2.24, 2.45) is 0 Å². The van der Waals surface area contributed by atoms with Gasteiger partial charge in [-0.15, -0.1) is 34.0 Å². The van der Waals surface area contributed by atoms with Gasteiger partial charge in [0, 0.05) is 64.0 Å². The molecule has 6 heterocycles. The number of aromatic nitrogens is 6. The number of nitrogens with one attached hydrogen (secondary N) is 1. The van der Waals surface area contributed by atoms with Gasteiger partial charge in [0.15, 0.2) is 0 Å². The molecule has 40 heavy (non-hydrogen) atoms. The molecule has 0 atom stereocenters. The van der Waals surface area contributed by atoms with Gasteiger partial charge in [-0.3, -0.25) is 4.79 Å². The van der Waals surface area contributed by atoms with Crippen LogP contribution in [0.5, 0.6) is 5.88 Å². The van der Waals surface area contributed by atoms with Crippen molar-refractivity contribution in [3.05, 3.63) is 103 Å². The van der Waals surface area contributed by atoms with Crippen LogP contribution in [-0.2, 0) is 0 Å². The van der Waals surface area contributed by atoms with E-state index in [-0.39, 0.29) is 11.7 Å². The molecule has 0 unspecified atom stereocenters. The fourth-order valence-electron chi connectivity index (χ4n) is 2.94. The lowest BCUT2D eigenvalue weighted by Crippen LogP contribution is -2.05. The highest BCUT2D eigenvalue weighted by Gasteiger charge is 2.07. The van der Waals surface area contributed by atoms with Gasteiger partial charge < -0.3 is 9.72 Å². The van der Waals surface area contributed by atoms with E-state index < -0.39 is 11.4 Å². The maximum Gasteiger partial charge on any atom is 0.251 e. The minimum absolute atomic E-state index is 0.259.